The van der Waals surface area contributed by atoms with Gasteiger partial charge in [-0.15, -0.1) is 5.11 Å². The van der Waals surface area contributed by atoms with E-state index in [1.165, 1.54) is 31.4 Å². The molecule has 0 aliphatic heterocycles. The van der Waals surface area contributed by atoms with Crippen LogP contribution in [0.25, 0.3) is 21.5 Å². The molecule has 0 radical (unpaired) electrons. The second-order valence-electron chi connectivity index (χ2n) is 9.19. The number of carbonyl (C=O) groups is 1. The van der Waals surface area contributed by atoms with Crippen LogP contribution >= 0.6 is 24.1 Å². The maximum Gasteiger partial charge on any atom is 1.00 e. The molecule has 21 nitrogen and oxygen atoms in total. The first-order chi connectivity index (χ1) is 23.3. The normalized spacial score (nSPS) is 11.2. The van der Waals surface area contributed by atoms with Crippen LogP contribution in [0.4, 0.5) is 29.0 Å². The van der Waals surface area contributed by atoms with Crippen molar-refractivity contribution >= 4 is 90.7 Å². The first kappa shape index (κ1) is 44.8. The summed E-state index contributed by atoms with van der Waals surface area (Å²) in [6.45, 7) is 0. The first-order valence-electron chi connectivity index (χ1n) is 12.7. The van der Waals surface area contributed by atoms with Crippen molar-refractivity contribution in [1.29, 1.82) is 0 Å². The maximum absolute atomic E-state index is 12.0. The zero-order valence-corrected chi connectivity index (χ0v) is 29.4. The van der Waals surface area contributed by atoms with Crippen molar-refractivity contribution in [2.75, 3.05) is 18.2 Å². The molecule has 6 N–H and O–H groups in total. The van der Waals surface area contributed by atoms with Gasteiger partial charge in [0.2, 0.25) is 17.7 Å². The van der Waals surface area contributed by atoms with E-state index in [0.717, 1.165) is 18.2 Å². The number of fused-ring (bicyclic) bond motifs is 2. The van der Waals surface area contributed by atoms with Crippen LogP contribution < -0.4 is 82.9 Å². The number of aromatic hydroxyl groups is 2. The molecule has 5 rings (SSSR count). The van der Waals surface area contributed by atoms with E-state index in [1.54, 1.807) is 0 Å². The van der Waals surface area contributed by atoms with Crippen molar-refractivity contribution in [2.24, 2.45) is 10.2 Å². The van der Waals surface area contributed by atoms with Crippen molar-refractivity contribution in [3.63, 3.8) is 0 Å². The molecule has 0 saturated heterocycles. The Morgan fingerprint density at radius 3 is 2.25 bits per heavy atom. The molecule has 0 aliphatic rings. The van der Waals surface area contributed by atoms with E-state index in [1.807, 2.05) is 0 Å². The molecule has 0 amide bonds. The number of phenols is 2. The predicted molar refractivity (Wildman–Crippen MR) is 160 cm³/mol. The Morgan fingerprint density at radius 2 is 1.62 bits per heavy atom. The number of carboxylic acids is 1. The number of anilines is 3. The van der Waals surface area contributed by atoms with Gasteiger partial charge < -0.3 is 46.2 Å². The number of nitrogens with two attached hydrogens (primary N) is 1. The number of rotatable bonds is 13. The molecule has 0 saturated carbocycles. The topological polar surface area (TPSA) is 329 Å². The van der Waals surface area contributed by atoms with Crippen LogP contribution in [0.1, 0.15) is 10.6 Å². The quantitative estimate of drug-likeness (QED) is 0.0186. The SMILES string of the molecule is COc1cc(N=Nc2c(SOO[O-])cc3cc(S(=O)(=O)[O-])cc(Nc4nc(N)nc(C(=O)O)n4)c3c2O)cc2c(O)cc(SOO[O-])cc12.[Li+].[Li+].[Li+]. The second-order valence-corrected chi connectivity index (χ2v) is 12.1. The number of hydrogen-bond donors (Lipinski definition) is 5. The van der Waals surface area contributed by atoms with E-state index in [9.17, 15) is 43.6 Å². The third kappa shape index (κ3) is 10.2. The summed E-state index contributed by atoms with van der Waals surface area (Å²) < 4.78 is 50.2. The van der Waals surface area contributed by atoms with Gasteiger partial charge in [-0.1, -0.05) is 0 Å². The summed E-state index contributed by atoms with van der Waals surface area (Å²) in [5.74, 6) is -4.22. The van der Waals surface area contributed by atoms with Gasteiger partial charge in [-0.25, -0.2) is 13.2 Å². The molecule has 5 aromatic rings. The number of aromatic carboxylic acids is 1. The summed E-state index contributed by atoms with van der Waals surface area (Å²) in [5.41, 5.74) is 4.92. The van der Waals surface area contributed by atoms with Crippen LogP contribution in [0.3, 0.4) is 0 Å². The molecule has 0 unspecified atom stereocenters. The third-order valence-corrected chi connectivity index (χ3v) is 8.25. The first-order valence-corrected chi connectivity index (χ1v) is 15.6. The molecule has 1 aromatic heterocycles. The van der Waals surface area contributed by atoms with E-state index >= 15 is 0 Å². The monoisotopic (exact) mass is 755 g/mol. The summed E-state index contributed by atoms with van der Waals surface area (Å²) in [7, 11) is -3.80. The molecular formula is C25H16Li3N7O14S3. The molecular weight excluding hydrogens is 739 g/mol. The molecule has 0 aliphatic carbocycles. The number of nitrogens with one attached hydrogen (secondary N) is 1. The van der Waals surface area contributed by atoms with E-state index in [0.29, 0.717) is 17.4 Å². The number of phenolic OH excluding ortho intramolecular Hbond substituents is 2. The van der Waals surface area contributed by atoms with Crippen LogP contribution in [0.2, 0.25) is 0 Å². The predicted octanol–water partition coefficient (Wildman–Crippen LogP) is -6.59. The third-order valence-electron chi connectivity index (χ3n) is 6.27. The molecule has 0 atom stereocenters. The Bertz CT molecular complexity index is 2260. The van der Waals surface area contributed by atoms with Crippen molar-refractivity contribution in [2.45, 2.75) is 14.7 Å². The fourth-order valence-electron chi connectivity index (χ4n) is 4.38. The minimum atomic E-state index is -5.13. The Kier molecular flexibility index (Phi) is 16.5. The summed E-state index contributed by atoms with van der Waals surface area (Å²) in [5, 5.41) is 70.0. The van der Waals surface area contributed by atoms with Crippen LogP contribution in [0, 0.1) is 0 Å². The molecule has 256 valence electrons. The van der Waals surface area contributed by atoms with Gasteiger partial charge in [0.05, 0.1) is 52.4 Å². The smallest absolute Gasteiger partial charge is 0.744 e. The largest absolute Gasteiger partial charge is 1.00 e. The van der Waals surface area contributed by atoms with E-state index < -0.39 is 44.5 Å². The Labute approximate surface area is 335 Å². The maximum atomic E-state index is 12.0. The zero-order chi connectivity index (χ0) is 35.5. The van der Waals surface area contributed by atoms with E-state index in [2.05, 4.69) is 49.2 Å². The van der Waals surface area contributed by atoms with Gasteiger partial charge in [-0.2, -0.15) is 28.7 Å². The number of aromatic nitrogens is 3. The number of ether oxygens (including phenoxy) is 1. The van der Waals surface area contributed by atoms with Gasteiger partial charge >= 0.3 is 62.6 Å². The van der Waals surface area contributed by atoms with Crippen LogP contribution in [0.5, 0.6) is 17.2 Å². The van der Waals surface area contributed by atoms with E-state index in [-0.39, 0.29) is 123 Å². The summed E-state index contributed by atoms with van der Waals surface area (Å²) in [4.78, 5) is 21.7. The molecule has 27 heteroatoms. The van der Waals surface area contributed by atoms with Crippen molar-refractivity contribution < 1.29 is 124 Å². The molecule has 4 aromatic carbocycles. The summed E-state index contributed by atoms with van der Waals surface area (Å²) >= 11 is 0.771. The van der Waals surface area contributed by atoms with Gasteiger partial charge in [-0.3, -0.25) is 10.1 Å². The minimum Gasteiger partial charge on any atom is -0.744 e. The standard InChI is InChI=1S/C25H19N7O14S3.3Li/c1-42-17-5-10(4-13-14(17)6-11(7-16(13)33)47-45-43-37)31-32-20-18(48-46-44-38)3-9-2-12(49(39,40)41)8-15(19(9)21(20)34)27-25-29-22(23(35)36)28-24(26)30-25;;;/h2-8,33-34,37-38H,1H3,(H,35,36)(H,39,40,41)(H3,26,27,28,29,30);;;/q;3*+1/p-3. The fraction of sp³-hybridized carbons (Fsp3) is 0.0400. The molecule has 0 spiro atoms. The zero-order valence-electron chi connectivity index (χ0n) is 26.9. The average molecular weight is 755 g/mol. The second kappa shape index (κ2) is 19.1. The number of nitrogen functional groups attached to an aromatic ring is 1. The number of benzene rings is 4. The van der Waals surface area contributed by atoms with Gasteiger partial charge in [0, 0.05) is 27.1 Å². The molecule has 0 bridgehead atoms. The van der Waals surface area contributed by atoms with Gasteiger partial charge in [0.15, 0.2) is 5.75 Å². The van der Waals surface area contributed by atoms with Gasteiger partial charge in [0.1, 0.15) is 27.3 Å². The van der Waals surface area contributed by atoms with Gasteiger partial charge in [0.25, 0.3) is 0 Å². The minimum absolute atomic E-state index is 0. The van der Waals surface area contributed by atoms with Crippen molar-refractivity contribution in [3.05, 3.63) is 48.3 Å². The molecule has 1 heterocycles. The molecule has 0 fully saturated rings. The molecule has 52 heavy (non-hydrogen) atoms. The number of azo groups is 1. The number of carboxylic acid groups (broad SMARTS) is 1. The average Bonchev–Trinajstić information content (AvgIpc) is 3.04. The Hall–Kier alpha value is -3.36. The van der Waals surface area contributed by atoms with E-state index in [4.69, 9.17) is 10.5 Å². The summed E-state index contributed by atoms with van der Waals surface area (Å²) in [6, 6.07) is 8.45. The van der Waals surface area contributed by atoms with Crippen LogP contribution in [-0.4, -0.2) is 56.3 Å². The van der Waals surface area contributed by atoms with Crippen molar-refractivity contribution in [1.82, 2.24) is 15.0 Å². The van der Waals surface area contributed by atoms with Crippen molar-refractivity contribution in [3.8, 4) is 17.2 Å². The fourth-order valence-corrected chi connectivity index (χ4v) is 5.84. The summed E-state index contributed by atoms with van der Waals surface area (Å²) in [6.07, 6.45) is 0. The Balaban J connectivity index is 0.00000312. The van der Waals surface area contributed by atoms with Crippen LogP contribution in [-0.2, 0) is 28.9 Å². The number of hydrogen-bond acceptors (Lipinski definition) is 22. The van der Waals surface area contributed by atoms with Crippen LogP contribution in [0.15, 0.2) is 67.4 Å². The number of nitrogens with zero attached hydrogens (tertiary/aromatic N) is 5. The number of methoxy groups -OCH3 is 1. The van der Waals surface area contributed by atoms with Gasteiger partial charge in [-0.05, 0) is 41.8 Å². The Morgan fingerprint density at radius 1 is 0.923 bits per heavy atom.